The summed E-state index contributed by atoms with van der Waals surface area (Å²) < 4.78 is 12.0. The Morgan fingerprint density at radius 1 is 1.17 bits per heavy atom. The summed E-state index contributed by atoms with van der Waals surface area (Å²) in [5, 5.41) is 0.175. The van der Waals surface area contributed by atoms with Crippen LogP contribution in [0.25, 0.3) is 0 Å². The SMILES string of the molecule is CC(=O)O[C@H]1CCCC[C@@H]1c1cccc(O[Si](C)(C)C(C)(C)C)c1. The number of benzene rings is 1. The second-order valence-corrected chi connectivity index (χ2v) is 13.2. The zero-order chi connectivity index (χ0) is 18.0. The van der Waals surface area contributed by atoms with Crippen LogP contribution in [0.5, 0.6) is 5.75 Å². The lowest BCUT2D eigenvalue weighted by Crippen LogP contribution is -2.43. The molecule has 0 heterocycles. The fraction of sp³-hybridized carbons (Fsp3) is 0.650. The van der Waals surface area contributed by atoms with Gasteiger partial charge in [-0.15, -0.1) is 0 Å². The molecule has 2 rings (SSSR count). The van der Waals surface area contributed by atoms with E-state index in [1.807, 2.05) is 6.07 Å². The number of rotatable bonds is 4. The van der Waals surface area contributed by atoms with E-state index in [4.69, 9.17) is 9.16 Å². The van der Waals surface area contributed by atoms with Crippen LogP contribution in [0.15, 0.2) is 24.3 Å². The summed E-state index contributed by atoms with van der Waals surface area (Å²) in [5.41, 5.74) is 1.23. The monoisotopic (exact) mass is 348 g/mol. The average molecular weight is 349 g/mol. The van der Waals surface area contributed by atoms with Gasteiger partial charge in [0.05, 0.1) is 0 Å². The molecule has 1 saturated carbocycles. The summed E-state index contributed by atoms with van der Waals surface area (Å²) >= 11 is 0. The van der Waals surface area contributed by atoms with Crippen molar-refractivity contribution >= 4 is 14.3 Å². The molecule has 1 aromatic carbocycles. The first-order chi connectivity index (χ1) is 11.1. The molecule has 0 amide bonds. The maximum atomic E-state index is 11.4. The van der Waals surface area contributed by atoms with Gasteiger partial charge < -0.3 is 9.16 Å². The molecule has 24 heavy (non-hydrogen) atoms. The molecule has 2 atom stereocenters. The van der Waals surface area contributed by atoms with E-state index in [1.165, 1.54) is 18.9 Å². The van der Waals surface area contributed by atoms with Gasteiger partial charge in [0.2, 0.25) is 8.32 Å². The molecule has 0 radical (unpaired) electrons. The van der Waals surface area contributed by atoms with E-state index in [1.54, 1.807) is 0 Å². The molecule has 0 aromatic heterocycles. The molecule has 134 valence electrons. The highest BCUT2D eigenvalue weighted by Crippen LogP contribution is 2.39. The van der Waals surface area contributed by atoms with Crippen molar-refractivity contribution in [3.8, 4) is 5.75 Å². The second-order valence-electron chi connectivity index (χ2n) is 8.47. The van der Waals surface area contributed by atoms with Crippen molar-refractivity contribution in [1.29, 1.82) is 0 Å². The van der Waals surface area contributed by atoms with Gasteiger partial charge in [-0.1, -0.05) is 39.3 Å². The highest BCUT2D eigenvalue weighted by molar-refractivity contribution is 6.74. The van der Waals surface area contributed by atoms with Crippen molar-refractivity contribution in [2.75, 3.05) is 0 Å². The van der Waals surface area contributed by atoms with E-state index >= 15 is 0 Å². The van der Waals surface area contributed by atoms with Crippen LogP contribution in [0.2, 0.25) is 18.1 Å². The lowest BCUT2D eigenvalue weighted by molar-refractivity contribution is -0.148. The Kier molecular flexibility index (Phi) is 5.79. The van der Waals surface area contributed by atoms with Gasteiger partial charge in [0, 0.05) is 12.8 Å². The number of carbonyl (C=O) groups is 1. The average Bonchev–Trinajstić information content (AvgIpc) is 2.46. The number of ether oxygens (including phenoxy) is 1. The van der Waals surface area contributed by atoms with Gasteiger partial charge in [-0.05, 0) is 55.1 Å². The lowest BCUT2D eigenvalue weighted by Gasteiger charge is -2.37. The molecule has 1 aliphatic carbocycles. The van der Waals surface area contributed by atoms with Gasteiger partial charge in [-0.2, -0.15) is 0 Å². The molecule has 0 spiro atoms. The first-order valence-corrected chi connectivity index (χ1v) is 12.0. The Bertz CT molecular complexity index is 574. The third-order valence-corrected chi connectivity index (χ3v) is 9.84. The van der Waals surface area contributed by atoms with Crippen molar-refractivity contribution in [3.63, 3.8) is 0 Å². The van der Waals surface area contributed by atoms with Crippen LogP contribution in [0.1, 0.15) is 64.9 Å². The summed E-state index contributed by atoms with van der Waals surface area (Å²) in [5.74, 6) is 1.05. The van der Waals surface area contributed by atoms with Gasteiger partial charge >= 0.3 is 5.97 Å². The summed E-state index contributed by atoms with van der Waals surface area (Å²) in [6.45, 7) is 12.8. The van der Waals surface area contributed by atoms with Gasteiger partial charge in [-0.25, -0.2) is 0 Å². The predicted molar refractivity (Wildman–Crippen MR) is 101 cm³/mol. The molecule has 0 saturated heterocycles. The predicted octanol–water partition coefficient (Wildman–Crippen LogP) is 5.66. The zero-order valence-electron chi connectivity index (χ0n) is 16.0. The van der Waals surface area contributed by atoms with Gasteiger partial charge in [0.15, 0.2) is 0 Å². The largest absolute Gasteiger partial charge is 0.543 e. The number of hydrogen-bond acceptors (Lipinski definition) is 3. The van der Waals surface area contributed by atoms with E-state index in [0.29, 0.717) is 0 Å². The zero-order valence-corrected chi connectivity index (χ0v) is 17.0. The van der Waals surface area contributed by atoms with Crippen LogP contribution < -0.4 is 4.43 Å². The fourth-order valence-corrected chi connectivity index (χ4v) is 4.11. The van der Waals surface area contributed by atoms with Crippen LogP contribution in [-0.4, -0.2) is 20.4 Å². The van der Waals surface area contributed by atoms with Crippen LogP contribution in [0.4, 0.5) is 0 Å². The minimum absolute atomic E-state index is 0.000582. The highest BCUT2D eigenvalue weighted by atomic mass is 28.4. The summed E-state index contributed by atoms with van der Waals surface area (Å²) in [7, 11) is -1.85. The third-order valence-electron chi connectivity index (χ3n) is 5.49. The minimum Gasteiger partial charge on any atom is -0.543 e. The smallest absolute Gasteiger partial charge is 0.302 e. The van der Waals surface area contributed by atoms with Gasteiger partial charge in [0.25, 0.3) is 0 Å². The molecule has 0 N–H and O–H groups in total. The van der Waals surface area contributed by atoms with Crippen molar-refractivity contribution in [3.05, 3.63) is 29.8 Å². The number of esters is 1. The van der Waals surface area contributed by atoms with E-state index < -0.39 is 8.32 Å². The molecule has 0 aliphatic heterocycles. The highest BCUT2D eigenvalue weighted by Gasteiger charge is 2.39. The number of carbonyl (C=O) groups excluding carboxylic acids is 1. The lowest BCUT2D eigenvalue weighted by atomic mass is 9.81. The van der Waals surface area contributed by atoms with Crippen molar-refractivity contribution in [2.45, 2.75) is 83.5 Å². The quantitative estimate of drug-likeness (QED) is 0.520. The first kappa shape index (κ1) is 19.0. The van der Waals surface area contributed by atoms with E-state index in [2.05, 4.69) is 52.1 Å². The molecule has 3 nitrogen and oxygen atoms in total. The Labute approximate surface area is 147 Å². The fourth-order valence-electron chi connectivity index (χ4n) is 3.09. The maximum Gasteiger partial charge on any atom is 0.302 e. The molecule has 0 unspecified atom stereocenters. The van der Waals surface area contributed by atoms with Crippen LogP contribution >= 0.6 is 0 Å². The maximum absolute atomic E-state index is 11.4. The first-order valence-electron chi connectivity index (χ1n) is 9.06. The molecular formula is C20H32O3Si. The Hall–Kier alpha value is -1.29. The topological polar surface area (TPSA) is 35.5 Å². The van der Waals surface area contributed by atoms with E-state index in [-0.39, 0.29) is 23.0 Å². The summed E-state index contributed by atoms with van der Waals surface area (Å²) in [6, 6.07) is 8.42. The van der Waals surface area contributed by atoms with Gasteiger partial charge in [-0.3, -0.25) is 4.79 Å². The standard InChI is InChI=1S/C20H32O3Si/c1-15(21)22-19-13-8-7-12-18(19)16-10-9-11-17(14-16)23-24(5,6)20(2,3)4/h9-11,14,18-19H,7-8,12-13H2,1-6H3/t18-,19+/m1/s1. The number of hydrogen-bond donors (Lipinski definition) is 0. The summed E-state index contributed by atoms with van der Waals surface area (Å²) in [4.78, 5) is 11.4. The second kappa shape index (κ2) is 7.30. The van der Waals surface area contributed by atoms with Crippen molar-refractivity contribution in [2.24, 2.45) is 0 Å². The minimum atomic E-state index is -1.85. The molecule has 0 bridgehead atoms. The van der Waals surface area contributed by atoms with Crippen molar-refractivity contribution in [1.82, 2.24) is 0 Å². The van der Waals surface area contributed by atoms with Crippen molar-refractivity contribution < 1.29 is 14.0 Å². The Morgan fingerprint density at radius 3 is 2.46 bits per heavy atom. The van der Waals surface area contributed by atoms with Crippen LogP contribution in [0.3, 0.4) is 0 Å². The molecule has 1 fully saturated rings. The molecular weight excluding hydrogens is 316 g/mol. The molecule has 4 heteroatoms. The Balaban J connectivity index is 2.21. The summed E-state index contributed by atoms with van der Waals surface area (Å²) in [6.07, 6.45) is 4.35. The third kappa shape index (κ3) is 4.62. The molecule has 1 aliphatic rings. The van der Waals surface area contributed by atoms with E-state index in [9.17, 15) is 4.79 Å². The van der Waals surface area contributed by atoms with Crippen LogP contribution in [-0.2, 0) is 9.53 Å². The van der Waals surface area contributed by atoms with Gasteiger partial charge in [0.1, 0.15) is 11.9 Å². The Morgan fingerprint density at radius 2 is 1.83 bits per heavy atom. The normalized spacial score (nSPS) is 22.1. The van der Waals surface area contributed by atoms with Crippen LogP contribution in [0, 0.1) is 0 Å². The molecule has 1 aromatic rings. The van der Waals surface area contributed by atoms with E-state index in [0.717, 1.165) is 25.0 Å².